The first-order chi connectivity index (χ1) is 15.0. The Morgan fingerprint density at radius 3 is 2.52 bits per heavy atom. The summed E-state index contributed by atoms with van der Waals surface area (Å²) in [6.07, 6.45) is 0.817. The highest BCUT2D eigenvalue weighted by molar-refractivity contribution is 7.85. The average Bonchev–Trinajstić information content (AvgIpc) is 2.88. The largest absolute Gasteiger partial charge is 0.352 e. The van der Waals surface area contributed by atoms with Crippen LogP contribution in [0.5, 0.6) is 0 Å². The van der Waals surface area contributed by atoms with E-state index in [1.807, 2.05) is 19.1 Å². The summed E-state index contributed by atoms with van der Waals surface area (Å²) < 4.78 is 13.4. The quantitative estimate of drug-likeness (QED) is 0.604. The molecule has 0 unspecified atom stereocenters. The number of carbonyl (C=O) groups excluding carboxylic acids is 2. The van der Waals surface area contributed by atoms with Crippen LogP contribution in [-0.4, -0.2) is 22.6 Å². The maximum atomic E-state index is 13.5. The number of anilines is 1. The lowest BCUT2D eigenvalue weighted by atomic mass is 10.1. The summed E-state index contributed by atoms with van der Waals surface area (Å²) in [5.41, 5.74) is 2.15. The van der Waals surface area contributed by atoms with Crippen LogP contribution in [0.15, 0.2) is 76.5 Å². The summed E-state index contributed by atoms with van der Waals surface area (Å²) in [5, 5.41) is 3.45. The van der Waals surface area contributed by atoms with Crippen LogP contribution in [0.1, 0.15) is 39.6 Å². The number of rotatable bonds is 5. The average molecular weight is 453 g/mol. The van der Waals surface area contributed by atoms with Crippen molar-refractivity contribution < 1.29 is 13.8 Å². The van der Waals surface area contributed by atoms with E-state index in [0.717, 1.165) is 12.0 Å². The van der Waals surface area contributed by atoms with Crippen molar-refractivity contribution in [2.24, 2.45) is 0 Å². The van der Waals surface area contributed by atoms with Crippen molar-refractivity contribution in [3.63, 3.8) is 0 Å². The van der Waals surface area contributed by atoms with Gasteiger partial charge in [-0.15, -0.1) is 0 Å². The van der Waals surface area contributed by atoms with Crippen molar-refractivity contribution in [2.45, 2.75) is 29.7 Å². The molecule has 0 radical (unpaired) electrons. The molecule has 1 aliphatic rings. The van der Waals surface area contributed by atoms with E-state index in [4.69, 9.17) is 11.6 Å². The Balaban J connectivity index is 1.84. The normalized spacial score (nSPS) is 15.1. The Bertz CT molecular complexity index is 1180. The Morgan fingerprint density at radius 1 is 1.03 bits per heavy atom. The molecular weight excluding hydrogens is 432 g/mol. The number of hydrogen-bond donors (Lipinski definition) is 1. The van der Waals surface area contributed by atoms with E-state index in [1.165, 1.54) is 0 Å². The van der Waals surface area contributed by atoms with Crippen LogP contribution in [0, 0.1) is 0 Å². The van der Waals surface area contributed by atoms with E-state index < -0.39 is 10.8 Å². The molecule has 0 fully saturated rings. The molecule has 5 nitrogen and oxygen atoms in total. The molecule has 3 aromatic carbocycles. The fourth-order valence-corrected chi connectivity index (χ4v) is 4.95. The zero-order chi connectivity index (χ0) is 22.0. The lowest BCUT2D eigenvalue weighted by Crippen LogP contribution is -2.31. The lowest BCUT2D eigenvalue weighted by molar-refractivity contribution is 0.0950. The highest BCUT2D eigenvalue weighted by Crippen LogP contribution is 2.36. The van der Waals surface area contributed by atoms with Gasteiger partial charge >= 0.3 is 0 Å². The molecule has 1 aliphatic heterocycles. The van der Waals surface area contributed by atoms with E-state index in [-0.39, 0.29) is 18.4 Å². The van der Waals surface area contributed by atoms with Gasteiger partial charge < -0.3 is 10.2 Å². The summed E-state index contributed by atoms with van der Waals surface area (Å²) in [5.74, 6) is -0.486. The van der Waals surface area contributed by atoms with Gasteiger partial charge in [0, 0.05) is 17.1 Å². The summed E-state index contributed by atoms with van der Waals surface area (Å²) in [6.45, 7) is 2.79. The fourth-order valence-electron chi connectivity index (χ4n) is 3.47. The third kappa shape index (κ3) is 4.27. The van der Waals surface area contributed by atoms with Gasteiger partial charge in [-0.05, 0) is 54.4 Å². The molecule has 0 aliphatic carbocycles. The smallest absolute Gasteiger partial charge is 0.259 e. The second kappa shape index (κ2) is 9.04. The molecule has 158 valence electrons. The van der Waals surface area contributed by atoms with Crippen LogP contribution in [0.2, 0.25) is 5.02 Å². The van der Waals surface area contributed by atoms with Crippen LogP contribution < -0.4 is 10.2 Å². The predicted octanol–water partition coefficient (Wildman–Crippen LogP) is 4.81. The molecule has 3 aromatic rings. The second-order valence-corrected chi connectivity index (χ2v) is 9.07. The third-order valence-corrected chi connectivity index (χ3v) is 6.82. The summed E-state index contributed by atoms with van der Waals surface area (Å²) in [7, 11) is -1.55. The summed E-state index contributed by atoms with van der Waals surface area (Å²) in [4.78, 5) is 28.6. The summed E-state index contributed by atoms with van der Waals surface area (Å²) in [6, 6.07) is 19.1. The minimum Gasteiger partial charge on any atom is -0.352 e. The molecule has 31 heavy (non-hydrogen) atoms. The van der Waals surface area contributed by atoms with Crippen LogP contribution in [0.4, 0.5) is 5.69 Å². The van der Waals surface area contributed by atoms with Crippen molar-refractivity contribution >= 4 is 39.9 Å². The lowest BCUT2D eigenvalue weighted by Gasteiger charge is -2.23. The second-order valence-electron chi connectivity index (χ2n) is 7.22. The predicted molar refractivity (Wildman–Crippen MR) is 122 cm³/mol. The van der Waals surface area contributed by atoms with E-state index in [9.17, 15) is 13.8 Å². The Labute approximate surface area is 188 Å². The molecule has 7 heteroatoms. The molecule has 0 saturated heterocycles. The van der Waals surface area contributed by atoms with Gasteiger partial charge in [-0.25, -0.2) is 4.21 Å². The molecular formula is C24H21ClN2O3S. The van der Waals surface area contributed by atoms with Crippen LogP contribution in [0.25, 0.3) is 0 Å². The van der Waals surface area contributed by atoms with Crippen LogP contribution in [0.3, 0.4) is 0 Å². The number of carbonyl (C=O) groups is 2. The number of benzene rings is 3. The molecule has 4 rings (SSSR count). The zero-order valence-electron chi connectivity index (χ0n) is 16.9. The van der Waals surface area contributed by atoms with Crippen LogP contribution in [-0.2, 0) is 17.3 Å². The molecule has 2 amide bonds. The number of hydrogen-bond acceptors (Lipinski definition) is 3. The number of nitrogens with one attached hydrogen (secondary N) is 1. The van der Waals surface area contributed by atoms with Crippen molar-refractivity contribution in [1.82, 2.24) is 5.32 Å². The summed E-state index contributed by atoms with van der Waals surface area (Å²) >= 11 is 6.01. The number of amides is 2. The Hall–Kier alpha value is -2.96. The topological polar surface area (TPSA) is 66.5 Å². The third-order valence-electron chi connectivity index (χ3n) is 5.06. The fraction of sp³-hybridized carbons (Fsp3) is 0.167. The molecule has 1 N–H and O–H groups in total. The molecule has 0 saturated carbocycles. The molecule has 0 aromatic heterocycles. The van der Waals surface area contributed by atoms with E-state index >= 15 is 0 Å². The van der Waals surface area contributed by atoms with Gasteiger partial charge in [-0.2, -0.15) is 0 Å². The molecule has 1 heterocycles. The molecule has 1 atom stereocenters. The van der Waals surface area contributed by atoms with Gasteiger partial charge in [-0.3, -0.25) is 9.59 Å². The minimum absolute atomic E-state index is 0.226. The first kappa shape index (κ1) is 21.3. The maximum Gasteiger partial charge on any atom is 0.259 e. The van der Waals surface area contributed by atoms with Gasteiger partial charge in [0.1, 0.15) is 0 Å². The molecule has 0 bridgehead atoms. The van der Waals surface area contributed by atoms with Gasteiger partial charge in [0.05, 0.1) is 38.4 Å². The maximum absolute atomic E-state index is 13.5. The highest BCUT2D eigenvalue weighted by atomic mass is 35.5. The van der Waals surface area contributed by atoms with Gasteiger partial charge in [0.15, 0.2) is 0 Å². The zero-order valence-corrected chi connectivity index (χ0v) is 18.5. The molecule has 0 spiro atoms. The SMILES string of the molecule is CCCNC(=O)c1ccc2c(c1)N(Cc1ccc(Cl)cc1)C(=O)c1ccccc1[S@]2=O. The van der Waals surface area contributed by atoms with Gasteiger partial charge in [-0.1, -0.05) is 42.8 Å². The Morgan fingerprint density at radius 2 is 1.77 bits per heavy atom. The van der Waals surface area contributed by atoms with Gasteiger partial charge in [0.25, 0.3) is 11.8 Å². The van der Waals surface area contributed by atoms with Crippen molar-refractivity contribution in [3.05, 3.63) is 88.4 Å². The van der Waals surface area contributed by atoms with Crippen molar-refractivity contribution in [2.75, 3.05) is 11.4 Å². The van der Waals surface area contributed by atoms with Gasteiger partial charge in [0.2, 0.25) is 0 Å². The first-order valence-electron chi connectivity index (χ1n) is 9.99. The van der Waals surface area contributed by atoms with E-state index in [1.54, 1.807) is 59.5 Å². The van der Waals surface area contributed by atoms with E-state index in [0.29, 0.717) is 38.2 Å². The first-order valence-corrected chi connectivity index (χ1v) is 11.5. The van der Waals surface area contributed by atoms with Crippen LogP contribution >= 0.6 is 11.6 Å². The van der Waals surface area contributed by atoms with Crippen molar-refractivity contribution in [3.8, 4) is 0 Å². The van der Waals surface area contributed by atoms with E-state index in [2.05, 4.69) is 5.32 Å². The number of halogens is 1. The minimum atomic E-state index is -1.55. The Kier molecular flexibility index (Phi) is 6.20. The number of fused-ring (bicyclic) bond motifs is 2. The monoisotopic (exact) mass is 452 g/mol. The standard InChI is InChI=1S/C24H21ClN2O3S/c1-2-13-26-23(28)17-9-12-22-20(14-17)27(15-16-7-10-18(25)11-8-16)24(29)19-5-3-4-6-21(19)31(22)30/h3-12,14H,2,13,15H2,1H3,(H,26,28)/t31-/m1/s1. The highest BCUT2D eigenvalue weighted by Gasteiger charge is 2.31. The number of nitrogens with zero attached hydrogens (tertiary/aromatic N) is 1. The van der Waals surface area contributed by atoms with Crippen molar-refractivity contribution in [1.29, 1.82) is 0 Å².